The third-order valence-electron chi connectivity index (χ3n) is 3.79. The lowest BCUT2D eigenvalue weighted by molar-refractivity contribution is 0.0951. The average Bonchev–Trinajstić information content (AvgIpc) is 2.95. The van der Waals surface area contributed by atoms with Gasteiger partial charge >= 0.3 is 0 Å². The summed E-state index contributed by atoms with van der Waals surface area (Å²) in [5.74, 6) is -0.137. The molecule has 108 valence electrons. The molecule has 2 N–H and O–H groups in total. The van der Waals surface area contributed by atoms with Crippen molar-refractivity contribution in [2.24, 2.45) is 0 Å². The third-order valence-corrected chi connectivity index (χ3v) is 4.29. The molecule has 0 saturated carbocycles. The predicted molar refractivity (Wildman–Crippen MR) is 84.3 cm³/mol. The van der Waals surface area contributed by atoms with E-state index in [2.05, 4.69) is 28.8 Å². The van der Waals surface area contributed by atoms with Crippen molar-refractivity contribution in [1.82, 2.24) is 10.6 Å². The monoisotopic (exact) mass is 300 g/mol. The van der Waals surface area contributed by atoms with Gasteiger partial charge in [0.25, 0.3) is 5.91 Å². The highest BCUT2D eigenvalue weighted by molar-refractivity contribution is 6.34. The maximum Gasteiger partial charge on any atom is 0.253 e. The topological polar surface area (TPSA) is 41.1 Å². The number of fused-ring (bicyclic) bond motifs is 1. The standard InChI is InChI=1S/C17H17ClN2O/c1-11-3-2-4-15(16(11)18)17(21)20-8-12-5-6-13-9-19-10-14(13)7-12/h2-7,19H,8-10H2,1H3,(H,20,21). The Balaban J connectivity index is 1.70. The number of carbonyl (C=O) groups is 1. The van der Waals surface area contributed by atoms with Gasteiger partial charge in [0.05, 0.1) is 10.6 Å². The molecule has 1 heterocycles. The highest BCUT2D eigenvalue weighted by Crippen LogP contribution is 2.20. The number of hydrogen-bond acceptors (Lipinski definition) is 2. The number of amides is 1. The Morgan fingerprint density at radius 1 is 1.24 bits per heavy atom. The molecule has 1 aliphatic rings. The summed E-state index contributed by atoms with van der Waals surface area (Å²) in [7, 11) is 0. The first-order valence-electron chi connectivity index (χ1n) is 7.00. The Morgan fingerprint density at radius 2 is 2.05 bits per heavy atom. The Hall–Kier alpha value is -1.84. The van der Waals surface area contributed by atoms with Crippen LogP contribution in [0.4, 0.5) is 0 Å². The highest BCUT2D eigenvalue weighted by atomic mass is 35.5. The number of halogens is 1. The second kappa shape index (κ2) is 5.88. The van der Waals surface area contributed by atoms with Gasteiger partial charge in [-0.3, -0.25) is 4.79 Å². The molecular weight excluding hydrogens is 284 g/mol. The normalized spacial score (nSPS) is 13.0. The minimum Gasteiger partial charge on any atom is -0.348 e. The Bertz CT molecular complexity index is 697. The first-order valence-corrected chi connectivity index (χ1v) is 7.37. The van der Waals surface area contributed by atoms with E-state index in [1.165, 1.54) is 11.1 Å². The zero-order valence-corrected chi connectivity index (χ0v) is 12.6. The van der Waals surface area contributed by atoms with Crippen LogP contribution >= 0.6 is 11.6 Å². The van der Waals surface area contributed by atoms with Crippen LogP contribution in [0.3, 0.4) is 0 Å². The van der Waals surface area contributed by atoms with Gasteiger partial charge < -0.3 is 10.6 Å². The molecule has 0 aliphatic carbocycles. The molecule has 3 nitrogen and oxygen atoms in total. The fraction of sp³-hybridized carbons (Fsp3) is 0.235. The average molecular weight is 301 g/mol. The smallest absolute Gasteiger partial charge is 0.253 e. The number of aryl methyl sites for hydroxylation is 1. The molecule has 0 fully saturated rings. The van der Waals surface area contributed by atoms with Crippen LogP contribution in [0.1, 0.15) is 32.6 Å². The number of rotatable bonds is 3. The van der Waals surface area contributed by atoms with Crippen molar-refractivity contribution in [1.29, 1.82) is 0 Å². The van der Waals surface area contributed by atoms with Crippen molar-refractivity contribution in [2.75, 3.05) is 0 Å². The maximum atomic E-state index is 12.2. The Morgan fingerprint density at radius 3 is 2.90 bits per heavy atom. The molecule has 0 aromatic heterocycles. The quantitative estimate of drug-likeness (QED) is 0.914. The summed E-state index contributed by atoms with van der Waals surface area (Å²) in [6, 6.07) is 11.8. The van der Waals surface area contributed by atoms with Crippen LogP contribution in [0.2, 0.25) is 5.02 Å². The van der Waals surface area contributed by atoms with Gasteiger partial charge in [0, 0.05) is 19.6 Å². The van der Waals surface area contributed by atoms with Crippen molar-refractivity contribution in [3.05, 3.63) is 69.2 Å². The fourth-order valence-electron chi connectivity index (χ4n) is 2.56. The zero-order valence-electron chi connectivity index (χ0n) is 11.9. The van der Waals surface area contributed by atoms with E-state index < -0.39 is 0 Å². The molecule has 0 spiro atoms. The van der Waals surface area contributed by atoms with Gasteiger partial charge in [-0.15, -0.1) is 0 Å². The highest BCUT2D eigenvalue weighted by Gasteiger charge is 2.13. The summed E-state index contributed by atoms with van der Waals surface area (Å²) in [6.45, 7) is 4.24. The number of carbonyl (C=O) groups excluding carboxylic acids is 1. The van der Waals surface area contributed by atoms with E-state index in [4.69, 9.17) is 11.6 Å². The second-order valence-electron chi connectivity index (χ2n) is 5.33. The van der Waals surface area contributed by atoms with Gasteiger partial charge in [-0.05, 0) is 35.2 Å². The Kier molecular flexibility index (Phi) is 3.95. The Labute approximate surface area is 129 Å². The van der Waals surface area contributed by atoms with Gasteiger partial charge in [-0.1, -0.05) is 41.9 Å². The molecule has 2 aromatic carbocycles. The van der Waals surface area contributed by atoms with Crippen molar-refractivity contribution < 1.29 is 4.79 Å². The van der Waals surface area contributed by atoms with Gasteiger partial charge in [0.1, 0.15) is 0 Å². The molecule has 21 heavy (non-hydrogen) atoms. The van der Waals surface area contributed by atoms with Crippen LogP contribution in [-0.4, -0.2) is 5.91 Å². The summed E-state index contributed by atoms with van der Waals surface area (Å²) < 4.78 is 0. The molecule has 4 heteroatoms. The summed E-state index contributed by atoms with van der Waals surface area (Å²) in [6.07, 6.45) is 0. The van der Waals surface area contributed by atoms with E-state index in [0.717, 1.165) is 24.2 Å². The molecule has 3 rings (SSSR count). The molecule has 1 amide bonds. The minimum absolute atomic E-state index is 0.137. The fourth-order valence-corrected chi connectivity index (χ4v) is 2.77. The summed E-state index contributed by atoms with van der Waals surface area (Å²) >= 11 is 6.18. The molecule has 2 aromatic rings. The number of hydrogen-bond donors (Lipinski definition) is 2. The molecule has 0 bridgehead atoms. The predicted octanol–water partition coefficient (Wildman–Crippen LogP) is 3.18. The largest absolute Gasteiger partial charge is 0.348 e. The first kappa shape index (κ1) is 14.1. The zero-order chi connectivity index (χ0) is 14.8. The van der Waals surface area contributed by atoms with E-state index in [9.17, 15) is 4.79 Å². The van der Waals surface area contributed by atoms with Gasteiger partial charge in [-0.25, -0.2) is 0 Å². The van der Waals surface area contributed by atoms with Crippen molar-refractivity contribution >= 4 is 17.5 Å². The van der Waals surface area contributed by atoms with Crippen molar-refractivity contribution in [3.63, 3.8) is 0 Å². The summed E-state index contributed by atoms with van der Waals surface area (Å²) in [4.78, 5) is 12.2. The molecule has 1 aliphatic heterocycles. The number of benzene rings is 2. The van der Waals surface area contributed by atoms with E-state index in [1.807, 2.05) is 19.1 Å². The lowest BCUT2D eigenvalue weighted by Gasteiger charge is -2.09. The van der Waals surface area contributed by atoms with Crippen LogP contribution in [0.25, 0.3) is 0 Å². The van der Waals surface area contributed by atoms with Crippen LogP contribution in [0, 0.1) is 6.92 Å². The second-order valence-corrected chi connectivity index (χ2v) is 5.70. The van der Waals surface area contributed by atoms with E-state index in [0.29, 0.717) is 17.1 Å². The van der Waals surface area contributed by atoms with Crippen molar-refractivity contribution in [3.8, 4) is 0 Å². The van der Waals surface area contributed by atoms with Crippen LogP contribution in [0.15, 0.2) is 36.4 Å². The summed E-state index contributed by atoms with van der Waals surface area (Å²) in [5.41, 5.74) is 5.20. The molecular formula is C17H17ClN2O. The SMILES string of the molecule is Cc1cccc(C(=O)NCc2ccc3c(c2)CNC3)c1Cl. The molecule has 0 unspecified atom stereocenters. The number of nitrogens with one attached hydrogen (secondary N) is 2. The lowest BCUT2D eigenvalue weighted by Crippen LogP contribution is -2.23. The van der Waals surface area contributed by atoms with Crippen LogP contribution < -0.4 is 10.6 Å². The molecule has 0 atom stereocenters. The van der Waals surface area contributed by atoms with Crippen molar-refractivity contribution in [2.45, 2.75) is 26.6 Å². The van der Waals surface area contributed by atoms with E-state index in [1.54, 1.807) is 6.07 Å². The van der Waals surface area contributed by atoms with Crippen LogP contribution in [0.5, 0.6) is 0 Å². The van der Waals surface area contributed by atoms with E-state index >= 15 is 0 Å². The molecule has 0 radical (unpaired) electrons. The van der Waals surface area contributed by atoms with Gasteiger partial charge in [0.15, 0.2) is 0 Å². The lowest BCUT2D eigenvalue weighted by atomic mass is 10.1. The first-order chi connectivity index (χ1) is 10.1. The van der Waals surface area contributed by atoms with Crippen LogP contribution in [-0.2, 0) is 19.6 Å². The molecule has 0 saturated heterocycles. The third kappa shape index (κ3) is 2.94. The van der Waals surface area contributed by atoms with E-state index in [-0.39, 0.29) is 5.91 Å². The minimum atomic E-state index is -0.137. The summed E-state index contributed by atoms with van der Waals surface area (Å²) in [5, 5.41) is 6.77. The van der Waals surface area contributed by atoms with Gasteiger partial charge in [-0.2, -0.15) is 0 Å². The maximum absolute atomic E-state index is 12.2. The van der Waals surface area contributed by atoms with Gasteiger partial charge in [0.2, 0.25) is 0 Å².